The molecule has 0 aliphatic heterocycles. The fraction of sp³-hybridized carbons (Fsp3) is 0.290. The summed E-state index contributed by atoms with van der Waals surface area (Å²) in [5.41, 5.74) is 4.10. The van der Waals surface area contributed by atoms with Gasteiger partial charge in [-0.2, -0.15) is 0 Å². The second-order valence-electron chi connectivity index (χ2n) is 10.1. The van der Waals surface area contributed by atoms with E-state index in [1.807, 2.05) is 48.5 Å². The molecule has 0 saturated heterocycles. The molecule has 3 aromatic carbocycles. The Morgan fingerprint density at radius 3 is 1.97 bits per heavy atom. The Labute approximate surface area is 229 Å². The van der Waals surface area contributed by atoms with Crippen LogP contribution < -0.4 is 29.6 Å². The first-order valence-corrected chi connectivity index (χ1v) is 12.6. The van der Waals surface area contributed by atoms with Crippen LogP contribution in [-0.2, 0) is 11.8 Å². The highest BCUT2D eigenvalue weighted by Crippen LogP contribution is 2.37. The molecule has 0 bridgehead atoms. The van der Waals surface area contributed by atoms with Gasteiger partial charge in [-0.15, -0.1) is 0 Å². The minimum atomic E-state index is -0.371. The van der Waals surface area contributed by atoms with E-state index in [2.05, 4.69) is 36.4 Å². The average molecular weight is 530 g/mol. The van der Waals surface area contributed by atoms with Crippen molar-refractivity contribution >= 4 is 28.2 Å². The van der Waals surface area contributed by atoms with E-state index in [4.69, 9.17) is 18.9 Å². The number of benzene rings is 3. The molecule has 0 spiro atoms. The van der Waals surface area contributed by atoms with E-state index in [9.17, 15) is 4.79 Å². The van der Waals surface area contributed by atoms with Crippen LogP contribution in [0.4, 0.5) is 16.2 Å². The maximum absolute atomic E-state index is 13.0. The van der Waals surface area contributed by atoms with Gasteiger partial charge < -0.3 is 29.6 Å². The molecule has 8 nitrogen and oxygen atoms in total. The normalized spacial score (nSPS) is 11.2. The van der Waals surface area contributed by atoms with Gasteiger partial charge in [-0.05, 0) is 58.3 Å². The summed E-state index contributed by atoms with van der Waals surface area (Å²) in [5.74, 6) is 2.31. The molecule has 4 aromatic rings. The van der Waals surface area contributed by atoms with Gasteiger partial charge in [0.25, 0.3) is 0 Å². The predicted molar refractivity (Wildman–Crippen MR) is 155 cm³/mol. The molecule has 4 rings (SSSR count). The van der Waals surface area contributed by atoms with Crippen molar-refractivity contribution in [2.75, 3.05) is 39.1 Å². The van der Waals surface area contributed by atoms with Gasteiger partial charge in [-0.3, -0.25) is 4.98 Å². The molecule has 1 heterocycles. The maximum atomic E-state index is 13.0. The first-order chi connectivity index (χ1) is 18.7. The van der Waals surface area contributed by atoms with Gasteiger partial charge in [0.2, 0.25) is 0 Å². The number of nitrogens with zero attached hydrogens (tertiary/aromatic N) is 1. The number of carbonyl (C=O) groups excluding carboxylic acids is 1. The number of anilines is 2. The van der Waals surface area contributed by atoms with Crippen molar-refractivity contribution in [3.63, 3.8) is 0 Å². The van der Waals surface area contributed by atoms with E-state index in [-0.39, 0.29) is 11.4 Å². The van der Waals surface area contributed by atoms with Crippen LogP contribution in [0, 0.1) is 0 Å². The van der Waals surface area contributed by atoms with E-state index < -0.39 is 0 Å². The maximum Gasteiger partial charge on any atom is 0.323 e. The molecule has 0 atom stereocenters. The summed E-state index contributed by atoms with van der Waals surface area (Å²) >= 11 is 0. The summed E-state index contributed by atoms with van der Waals surface area (Å²) in [4.78, 5) is 17.7. The van der Waals surface area contributed by atoms with Crippen molar-refractivity contribution < 1.29 is 23.7 Å². The standard InChI is InChI=1S/C31H35N3O5/c1-31(2,3)21-8-10-22(11-9-21)33-30(35)34-24-18-29(39-7)27(37-5)16-20(24)14-25-23-17-28(38-6)26(36-4)15-19(23)12-13-32-25/h8-13,15-18H,14H2,1-7H3,(H2,33,34,35). The van der Waals surface area contributed by atoms with Crippen LogP contribution in [0.3, 0.4) is 0 Å². The zero-order valence-corrected chi connectivity index (χ0v) is 23.5. The number of urea groups is 1. The van der Waals surface area contributed by atoms with Crippen LogP contribution in [0.2, 0.25) is 0 Å². The number of amides is 2. The fourth-order valence-electron chi connectivity index (χ4n) is 4.40. The molecule has 2 amide bonds. The summed E-state index contributed by atoms with van der Waals surface area (Å²) in [6.45, 7) is 6.45. The van der Waals surface area contributed by atoms with Crippen LogP contribution in [0.15, 0.2) is 60.8 Å². The van der Waals surface area contributed by atoms with Crippen molar-refractivity contribution in [1.82, 2.24) is 4.98 Å². The number of ether oxygens (including phenoxy) is 4. The molecule has 0 unspecified atom stereocenters. The van der Waals surface area contributed by atoms with Gasteiger partial charge in [0.1, 0.15) is 0 Å². The molecule has 0 saturated carbocycles. The van der Waals surface area contributed by atoms with E-state index in [0.717, 1.165) is 22.0 Å². The lowest BCUT2D eigenvalue weighted by atomic mass is 9.87. The molecule has 0 fully saturated rings. The third-order valence-corrected chi connectivity index (χ3v) is 6.58. The lowest BCUT2D eigenvalue weighted by Crippen LogP contribution is -2.20. The van der Waals surface area contributed by atoms with E-state index >= 15 is 0 Å². The number of fused-ring (bicyclic) bond motifs is 1. The number of rotatable bonds is 8. The lowest BCUT2D eigenvalue weighted by Gasteiger charge is -2.19. The summed E-state index contributed by atoms with van der Waals surface area (Å²) in [7, 11) is 6.35. The monoisotopic (exact) mass is 529 g/mol. The number of aromatic nitrogens is 1. The van der Waals surface area contributed by atoms with Crippen LogP contribution >= 0.6 is 0 Å². The van der Waals surface area contributed by atoms with Gasteiger partial charge in [0, 0.05) is 35.4 Å². The molecular weight excluding hydrogens is 494 g/mol. The zero-order chi connectivity index (χ0) is 28.2. The molecular formula is C31H35N3O5. The van der Waals surface area contributed by atoms with Gasteiger partial charge in [0.15, 0.2) is 23.0 Å². The number of carbonyl (C=O) groups is 1. The van der Waals surface area contributed by atoms with Crippen molar-refractivity contribution in [2.24, 2.45) is 0 Å². The summed E-state index contributed by atoms with van der Waals surface area (Å²) in [5, 5.41) is 7.77. The Bertz CT molecular complexity index is 1480. The third-order valence-electron chi connectivity index (χ3n) is 6.58. The summed E-state index contributed by atoms with van der Waals surface area (Å²) in [6, 6.07) is 16.8. The Balaban J connectivity index is 1.67. The van der Waals surface area contributed by atoms with Crippen molar-refractivity contribution in [3.8, 4) is 23.0 Å². The highest BCUT2D eigenvalue weighted by atomic mass is 16.5. The molecule has 2 N–H and O–H groups in total. The second kappa shape index (κ2) is 11.5. The second-order valence-corrected chi connectivity index (χ2v) is 10.1. The van der Waals surface area contributed by atoms with Gasteiger partial charge in [-0.25, -0.2) is 4.79 Å². The zero-order valence-electron chi connectivity index (χ0n) is 23.5. The Morgan fingerprint density at radius 1 is 0.769 bits per heavy atom. The smallest absolute Gasteiger partial charge is 0.323 e. The van der Waals surface area contributed by atoms with Crippen molar-refractivity contribution in [3.05, 3.63) is 77.6 Å². The third kappa shape index (κ3) is 6.17. The van der Waals surface area contributed by atoms with E-state index in [1.54, 1.807) is 40.7 Å². The van der Waals surface area contributed by atoms with Gasteiger partial charge in [0.05, 0.1) is 34.1 Å². The first-order valence-electron chi connectivity index (χ1n) is 12.6. The number of hydrogen-bond acceptors (Lipinski definition) is 6. The Kier molecular flexibility index (Phi) is 8.14. The molecule has 204 valence electrons. The van der Waals surface area contributed by atoms with E-state index in [1.165, 1.54) is 5.56 Å². The summed E-state index contributed by atoms with van der Waals surface area (Å²) < 4.78 is 22.0. The highest BCUT2D eigenvalue weighted by Gasteiger charge is 2.18. The average Bonchev–Trinajstić information content (AvgIpc) is 2.92. The topological polar surface area (TPSA) is 90.9 Å². The Hall–Kier alpha value is -4.46. The van der Waals surface area contributed by atoms with Crippen molar-refractivity contribution in [2.45, 2.75) is 32.6 Å². The van der Waals surface area contributed by atoms with Crippen molar-refractivity contribution in [1.29, 1.82) is 0 Å². The van der Waals surface area contributed by atoms with Crippen LogP contribution in [0.1, 0.15) is 37.6 Å². The van der Waals surface area contributed by atoms with E-state index in [0.29, 0.717) is 40.8 Å². The minimum Gasteiger partial charge on any atom is -0.493 e. The number of pyridine rings is 1. The van der Waals surface area contributed by atoms with Gasteiger partial charge in [-0.1, -0.05) is 32.9 Å². The number of nitrogens with one attached hydrogen (secondary N) is 2. The van der Waals surface area contributed by atoms with Gasteiger partial charge >= 0.3 is 6.03 Å². The minimum absolute atomic E-state index is 0.0279. The molecule has 39 heavy (non-hydrogen) atoms. The Morgan fingerprint density at radius 2 is 1.36 bits per heavy atom. The van der Waals surface area contributed by atoms with Crippen LogP contribution in [-0.4, -0.2) is 39.5 Å². The fourth-order valence-corrected chi connectivity index (χ4v) is 4.40. The van der Waals surface area contributed by atoms with Crippen LogP contribution in [0.5, 0.6) is 23.0 Å². The lowest BCUT2D eigenvalue weighted by molar-refractivity contribution is 0.262. The molecule has 0 radical (unpaired) electrons. The molecule has 0 aliphatic rings. The SMILES string of the molecule is COc1cc(Cc2nccc3cc(OC)c(OC)cc23)c(NC(=O)Nc2ccc(C(C)(C)C)cc2)cc1OC. The number of methoxy groups -OCH3 is 4. The molecule has 0 aliphatic carbocycles. The summed E-state index contributed by atoms with van der Waals surface area (Å²) in [6.07, 6.45) is 2.18. The highest BCUT2D eigenvalue weighted by molar-refractivity contribution is 6.00. The number of hydrogen-bond donors (Lipinski definition) is 2. The first kappa shape index (κ1) is 27.6. The quantitative estimate of drug-likeness (QED) is 0.261. The molecule has 8 heteroatoms. The van der Waals surface area contributed by atoms with Crippen LogP contribution in [0.25, 0.3) is 10.8 Å². The predicted octanol–water partition coefficient (Wildman–Crippen LogP) is 6.80. The largest absolute Gasteiger partial charge is 0.493 e. The molecule has 1 aromatic heterocycles.